The molecule has 0 saturated heterocycles. The van der Waals surface area contributed by atoms with Gasteiger partial charge in [-0.2, -0.15) is 0 Å². The van der Waals surface area contributed by atoms with Gasteiger partial charge in [0.25, 0.3) is 5.91 Å². The zero-order valence-electron chi connectivity index (χ0n) is 15.6. The topological polar surface area (TPSA) is 59.5 Å². The largest absolute Gasteiger partial charge is 0.455 e. The van der Waals surface area contributed by atoms with Gasteiger partial charge in [-0.05, 0) is 31.5 Å². The highest BCUT2D eigenvalue weighted by molar-refractivity contribution is 7.18. The zero-order valence-corrected chi connectivity index (χ0v) is 16.5. The molecule has 0 spiro atoms. The Kier molecular flexibility index (Phi) is 5.86. The molecule has 1 heterocycles. The summed E-state index contributed by atoms with van der Waals surface area (Å²) in [5, 5.41) is 0.859. The van der Waals surface area contributed by atoms with Crippen LogP contribution in [0.2, 0.25) is 0 Å². The second-order valence-electron chi connectivity index (χ2n) is 6.52. The quantitative estimate of drug-likeness (QED) is 0.607. The van der Waals surface area contributed by atoms with Crippen LogP contribution in [0, 0.1) is 6.92 Å². The van der Waals surface area contributed by atoms with Crippen molar-refractivity contribution < 1.29 is 14.3 Å². The SMILES string of the molecule is Cc1ccc(CC(=O)OCC(=O)N(C)[C@@H](C)c2nc3ccccc3s2)cc1. The highest BCUT2D eigenvalue weighted by Crippen LogP contribution is 2.28. The van der Waals surface area contributed by atoms with Crippen molar-refractivity contribution in [3.05, 3.63) is 64.7 Å². The van der Waals surface area contributed by atoms with Crippen molar-refractivity contribution in [2.75, 3.05) is 13.7 Å². The number of hydrogen-bond acceptors (Lipinski definition) is 5. The number of para-hydroxylation sites is 1. The molecule has 140 valence electrons. The summed E-state index contributed by atoms with van der Waals surface area (Å²) in [4.78, 5) is 30.5. The van der Waals surface area contributed by atoms with E-state index in [1.165, 1.54) is 0 Å². The standard InChI is InChI=1S/C21H22N2O3S/c1-14-8-10-16(11-9-14)12-20(25)26-13-19(24)23(3)15(2)21-22-17-6-4-5-7-18(17)27-21/h4-11,15H,12-13H2,1-3H3/t15-/m0/s1. The van der Waals surface area contributed by atoms with Crippen LogP contribution in [-0.2, 0) is 20.7 Å². The molecule has 0 N–H and O–H groups in total. The van der Waals surface area contributed by atoms with Gasteiger partial charge in [0.05, 0.1) is 22.7 Å². The van der Waals surface area contributed by atoms with Crippen LogP contribution in [0.4, 0.5) is 0 Å². The highest BCUT2D eigenvalue weighted by Gasteiger charge is 2.21. The van der Waals surface area contributed by atoms with Gasteiger partial charge >= 0.3 is 5.97 Å². The van der Waals surface area contributed by atoms with Gasteiger partial charge in [-0.1, -0.05) is 42.0 Å². The highest BCUT2D eigenvalue weighted by atomic mass is 32.1. The molecule has 0 fully saturated rings. The number of ether oxygens (including phenoxy) is 1. The maximum absolute atomic E-state index is 12.4. The average Bonchev–Trinajstić information content (AvgIpc) is 3.11. The summed E-state index contributed by atoms with van der Waals surface area (Å²) in [7, 11) is 1.70. The minimum Gasteiger partial charge on any atom is -0.455 e. The number of hydrogen-bond donors (Lipinski definition) is 0. The fourth-order valence-electron chi connectivity index (χ4n) is 2.62. The molecule has 0 unspecified atom stereocenters. The molecule has 0 aliphatic rings. The first-order valence-electron chi connectivity index (χ1n) is 8.76. The van der Waals surface area contributed by atoms with Crippen molar-refractivity contribution in [2.45, 2.75) is 26.3 Å². The van der Waals surface area contributed by atoms with E-state index in [1.54, 1.807) is 23.3 Å². The van der Waals surface area contributed by atoms with Crippen LogP contribution < -0.4 is 0 Å². The summed E-state index contributed by atoms with van der Waals surface area (Å²) in [5.74, 6) is -0.660. The first-order chi connectivity index (χ1) is 12.9. The fraction of sp³-hybridized carbons (Fsp3) is 0.286. The maximum Gasteiger partial charge on any atom is 0.310 e. The van der Waals surface area contributed by atoms with Gasteiger partial charge in [-0.15, -0.1) is 11.3 Å². The minimum absolute atomic E-state index is 0.157. The lowest BCUT2D eigenvalue weighted by Crippen LogP contribution is -2.33. The summed E-state index contributed by atoms with van der Waals surface area (Å²) in [6.45, 7) is 3.64. The Morgan fingerprint density at radius 2 is 1.85 bits per heavy atom. The predicted octanol–water partition coefficient (Wildman–Crippen LogP) is 3.91. The normalized spacial score (nSPS) is 12.0. The van der Waals surface area contributed by atoms with Gasteiger partial charge in [0.15, 0.2) is 6.61 Å². The summed E-state index contributed by atoms with van der Waals surface area (Å²) in [6.07, 6.45) is 0.157. The molecule has 1 aromatic heterocycles. The lowest BCUT2D eigenvalue weighted by atomic mass is 10.1. The van der Waals surface area contributed by atoms with E-state index in [0.717, 1.165) is 26.4 Å². The number of rotatable bonds is 6. The molecule has 0 saturated carbocycles. The molecule has 3 aromatic rings. The molecule has 3 rings (SSSR count). The van der Waals surface area contributed by atoms with E-state index in [4.69, 9.17) is 4.74 Å². The predicted molar refractivity (Wildman–Crippen MR) is 107 cm³/mol. The summed E-state index contributed by atoms with van der Waals surface area (Å²) in [6, 6.07) is 15.4. The number of thiazole rings is 1. The molecule has 0 aliphatic heterocycles. The molecule has 1 amide bonds. The number of esters is 1. The number of likely N-dealkylation sites (N-methyl/N-ethyl adjacent to an activating group) is 1. The van der Waals surface area contributed by atoms with E-state index in [9.17, 15) is 9.59 Å². The number of nitrogens with zero attached hydrogens (tertiary/aromatic N) is 2. The van der Waals surface area contributed by atoms with Gasteiger partial charge in [0, 0.05) is 7.05 Å². The van der Waals surface area contributed by atoms with Crippen molar-refractivity contribution >= 4 is 33.4 Å². The summed E-state index contributed by atoms with van der Waals surface area (Å²) in [5.41, 5.74) is 2.93. The Morgan fingerprint density at radius 3 is 2.56 bits per heavy atom. The molecule has 2 aromatic carbocycles. The third-order valence-corrected chi connectivity index (χ3v) is 5.67. The second kappa shape index (κ2) is 8.31. The van der Waals surface area contributed by atoms with E-state index in [1.807, 2.05) is 62.4 Å². The second-order valence-corrected chi connectivity index (χ2v) is 7.59. The summed E-state index contributed by atoms with van der Waals surface area (Å²) < 4.78 is 6.24. The van der Waals surface area contributed by atoms with Gasteiger partial charge in [0.1, 0.15) is 5.01 Å². The van der Waals surface area contributed by atoms with E-state index in [0.29, 0.717) is 0 Å². The smallest absolute Gasteiger partial charge is 0.310 e. The number of aromatic nitrogens is 1. The zero-order chi connectivity index (χ0) is 19.4. The lowest BCUT2D eigenvalue weighted by Gasteiger charge is -2.23. The van der Waals surface area contributed by atoms with Crippen LogP contribution in [-0.4, -0.2) is 35.4 Å². The Morgan fingerprint density at radius 1 is 1.15 bits per heavy atom. The Balaban J connectivity index is 1.54. The molecule has 0 radical (unpaired) electrons. The van der Waals surface area contributed by atoms with Crippen LogP contribution >= 0.6 is 11.3 Å². The fourth-order valence-corrected chi connectivity index (χ4v) is 3.68. The Bertz CT molecular complexity index is 916. The van der Waals surface area contributed by atoms with Gasteiger partial charge < -0.3 is 9.64 Å². The Hall–Kier alpha value is -2.73. The monoisotopic (exact) mass is 382 g/mol. The van der Waals surface area contributed by atoms with Crippen molar-refractivity contribution in [1.82, 2.24) is 9.88 Å². The first kappa shape index (κ1) is 19.0. The minimum atomic E-state index is -0.409. The van der Waals surface area contributed by atoms with Crippen LogP contribution in [0.25, 0.3) is 10.2 Å². The number of amides is 1. The molecule has 6 heteroatoms. The Labute approximate surface area is 162 Å². The molecule has 0 aliphatic carbocycles. The van der Waals surface area contributed by atoms with Gasteiger partial charge in [-0.3, -0.25) is 9.59 Å². The molecule has 27 heavy (non-hydrogen) atoms. The van der Waals surface area contributed by atoms with Crippen molar-refractivity contribution in [1.29, 1.82) is 0 Å². The van der Waals surface area contributed by atoms with E-state index in [2.05, 4.69) is 4.98 Å². The van der Waals surface area contributed by atoms with Crippen LogP contribution in [0.1, 0.15) is 29.1 Å². The maximum atomic E-state index is 12.4. The number of aryl methyl sites for hydroxylation is 1. The third-order valence-electron chi connectivity index (χ3n) is 4.47. The number of fused-ring (bicyclic) bond motifs is 1. The van der Waals surface area contributed by atoms with Crippen molar-refractivity contribution in [3.8, 4) is 0 Å². The average molecular weight is 382 g/mol. The number of carbonyl (C=O) groups excluding carboxylic acids is 2. The first-order valence-corrected chi connectivity index (χ1v) is 9.58. The van der Waals surface area contributed by atoms with E-state index < -0.39 is 5.97 Å². The van der Waals surface area contributed by atoms with Gasteiger partial charge in [0.2, 0.25) is 0 Å². The molecule has 0 bridgehead atoms. The lowest BCUT2D eigenvalue weighted by molar-refractivity contribution is -0.151. The molecule has 5 nitrogen and oxygen atoms in total. The number of benzene rings is 2. The van der Waals surface area contributed by atoms with Crippen molar-refractivity contribution in [3.63, 3.8) is 0 Å². The van der Waals surface area contributed by atoms with Crippen LogP contribution in [0.3, 0.4) is 0 Å². The molecular weight excluding hydrogens is 360 g/mol. The number of carbonyl (C=O) groups is 2. The third kappa shape index (κ3) is 4.71. The van der Waals surface area contributed by atoms with Gasteiger partial charge in [-0.25, -0.2) is 4.98 Å². The van der Waals surface area contributed by atoms with Crippen LogP contribution in [0.5, 0.6) is 0 Å². The molecule has 1 atom stereocenters. The van der Waals surface area contributed by atoms with Crippen molar-refractivity contribution in [2.24, 2.45) is 0 Å². The van der Waals surface area contributed by atoms with Crippen LogP contribution in [0.15, 0.2) is 48.5 Å². The summed E-state index contributed by atoms with van der Waals surface area (Å²) >= 11 is 1.57. The van der Waals surface area contributed by atoms with E-state index >= 15 is 0 Å². The molecular formula is C21H22N2O3S. The van der Waals surface area contributed by atoms with E-state index in [-0.39, 0.29) is 25.0 Å².